The van der Waals surface area contributed by atoms with Crippen LogP contribution in [0.3, 0.4) is 0 Å². The zero-order chi connectivity index (χ0) is 15.1. The number of rotatable bonds is 2. The number of nitrogens with zero attached hydrogens (tertiary/aromatic N) is 1. The van der Waals surface area contributed by atoms with Crippen molar-refractivity contribution in [2.45, 2.75) is 37.9 Å². The fourth-order valence-electron chi connectivity index (χ4n) is 4.16. The summed E-state index contributed by atoms with van der Waals surface area (Å²) < 4.78 is 0. The van der Waals surface area contributed by atoms with Gasteiger partial charge in [-0.25, -0.2) is 0 Å². The number of hydrogen-bond donors (Lipinski definition) is 1. The Balaban J connectivity index is 1.82. The highest BCUT2D eigenvalue weighted by Crippen LogP contribution is 2.40. The average Bonchev–Trinajstić information content (AvgIpc) is 2.72. The second-order valence-corrected chi connectivity index (χ2v) is 6.63. The van der Waals surface area contributed by atoms with Gasteiger partial charge in [-0.15, -0.1) is 0 Å². The third kappa shape index (κ3) is 2.10. The van der Waals surface area contributed by atoms with Gasteiger partial charge < -0.3 is 5.32 Å². The molecular formula is C20H24N2. The Morgan fingerprint density at radius 1 is 0.909 bits per heavy atom. The van der Waals surface area contributed by atoms with Gasteiger partial charge in [0.25, 0.3) is 0 Å². The topological polar surface area (TPSA) is 15.3 Å². The zero-order valence-electron chi connectivity index (χ0n) is 13.4. The molecule has 1 aliphatic heterocycles. The van der Waals surface area contributed by atoms with Crippen molar-refractivity contribution in [3.8, 4) is 0 Å². The van der Waals surface area contributed by atoms with E-state index in [4.69, 9.17) is 0 Å². The van der Waals surface area contributed by atoms with Gasteiger partial charge in [-0.2, -0.15) is 0 Å². The maximum absolute atomic E-state index is 3.44. The van der Waals surface area contributed by atoms with Crippen molar-refractivity contribution in [1.29, 1.82) is 0 Å². The summed E-state index contributed by atoms with van der Waals surface area (Å²) in [5.41, 5.74) is 6.05. The Morgan fingerprint density at radius 3 is 1.95 bits per heavy atom. The van der Waals surface area contributed by atoms with Gasteiger partial charge in [0, 0.05) is 18.6 Å². The van der Waals surface area contributed by atoms with Crippen molar-refractivity contribution in [2.75, 3.05) is 13.6 Å². The van der Waals surface area contributed by atoms with Gasteiger partial charge in [0.2, 0.25) is 0 Å². The fourth-order valence-corrected chi connectivity index (χ4v) is 4.16. The maximum atomic E-state index is 3.44. The molecule has 0 saturated carbocycles. The number of hydrogen-bond acceptors (Lipinski definition) is 2. The molecule has 114 valence electrons. The van der Waals surface area contributed by atoms with Crippen molar-refractivity contribution in [1.82, 2.24) is 10.2 Å². The van der Waals surface area contributed by atoms with E-state index < -0.39 is 0 Å². The first kappa shape index (κ1) is 14.0. The lowest BCUT2D eigenvalue weighted by molar-refractivity contribution is 0.0298. The molecule has 2 aromatic rings. The highest BCUT2D eigenvalue weighted by molar-refractivity contribution is 5.45. The Kier molecular flexibility index (Phi) is 3.51. The van der Waals surface area contributed by atoms with Crippen LogP contribution in [0.5, 0.6) is 0 Å². The van der Waals surface area contributed by atoms with Gasteiger partial charge in [-0.1, -0.05) is 48.5 Å². The van der Waals surface area contributed by atoms with Gasteiger partial charge in [-0.3, -0.25) is 4.90 Å². The molecule has 0 amide bonds. The van der Waals surface area contributed by atoms with Gasteiger partial charge in [-0.05, 0) is 49.1 Å². The molecule has 2 nitrogen and oxygen atoms in total. The molecule has 0 radical (unpaired) electrons. The molecule has 2 heteroatoms. The van der Waals surface area contributed by atoms with Crippen LogP contribution in [-0.4, -0.2) is 30.6 Å². The number of benzene rings is 2. The molecule has 1 heterocycles. The highest BCUT2D eigenvalue weighted by Gasteiger charge is 2.41. The average molecular weight is 292 g/mol. The summed E-state index contributed by atoms with van der Waals surface area (Å²) >= 11 is 0. The number of likely N-dealkylation sites (tertiary alicyclic amines) is 1. The Labute approximate surface area is 133 Å². The Bertz CT molecular complexity index is 631. The first-order valence-electron chi connectivity index (χ1n) is 8.38. The molecule has 22 heavy (non-hydrogen) atoms. The van der Waals surface area contributed by atoms with E-state index >= 15 is 0 Å². The summed E-state index contributed by atoms with van der Waals surface area (Å²) in [5.74, 6) is 0. The van der Waals surface area contributed by atoms with Crippen LogP contribution in [-0.2, 0) is 12.8 Å². The Hall–Kier alpha value is -1.64. The number of likely N-dealkylation sites (N-methyl/N-ethyl adjacent to an activating group) is 1. The summed E-state index contributed by atoms with van der Waals surface area (Å²) in [6, 6.07) is 19.7. The fraction of sp³-hybridized carbons (Fsp3) is 0.400. The Morgan fingerprint density at radius 2 is 1.45 bits per heavy atom. The standard InChI is InChI=1S/C20H24N2/c1-14-19(21-2)13-22(14)20-17-9-5-3-7-15(17)11-12-16-8-4-6-10-18(16)20/h3-10,14,19-21H,11-13H2,1-2H3/t14-,19+/m1/s1. The van der Waals surface area contributed by atoms with E-state index in [0.29, 0.717) is 18.1 Å². The smallest absolute Gasteiger partial charge is 0.0610 e. The van der Waals surface area contributed by atoms with Crippen LogP contribution in [0.1, 0.15) is 35.2 Å². The van der Waals surface area contributed by atoms with Crippen molar-refractivity contribution >= 4 is 0 Å². The lowest BCUT2D eigenvalue weighted by Gasteiger charge is -2.51. The van der Waals surface area contributed by atoms with Gasteiger partial charge in [0.05, 0.1) is 6.04 Å². The molecule has 0 spiro atoms. The minimum Gasteiger partial charge on any atom is -0.314 e. The van der Waals surface area contributed by atoms with E-state index in [1.54, 1.807) is 0 Å². The summed E-state index contributed by atoms with van der Waals surface area (Å²) in [7, 11) is 2.08. The quantitative estimate of drug-likeness (QED) is 0.914. The van der Waals surface area contributed by atoms with Gasteiger partial charge in [0.15, 0.2) is 0 Å². The first-order valence-corrected chi connectivity index (χ1v) is 8.38. The predicted octanol–water partition coefficient (Wildman–Crippen LogP) is 3.17. The molecule has 2 aliphatic rings. The first-order chi connectivity index (χ1) is 10.8. The number of fused-ring (bicyclic) bond motifs is 2. The molecule has 0 aromatic heterocycles. The summed E-state index contributed by atoms with van der Waals surface area (Å²) in [5, 5.41) is 3.44. The molecule has 4 rings (SSSR count). The number of aryl methyl sites for hydroxylation is 2. The van der Waals surface area contributed by atoms with Crippen LogP contribution in [0.25, 0.3) is 0 Å². The third-order valence-corrected chi connectivity index (χ3v) is 5.58. The van der Waals surface area contributed by atoms with Gasteiger partial charge >= 0.3 is 0 Å². The van der Waals surface area contributed by atoms with E-state index in [2.05, 4.69) is 72.7 Å². The SMILES string of the molecule is CN[C@H]1CN(C2c3ccccc3CCc3ccccc32)[C@@H]1C. The van der Waals surface area contributed by atoms with E-state index in [-0.39, 0.29) is 0 Å². The molecule has 0 unspecified atom stereocenters. The van der Waals surface area contributed by atoms with Crippen molar-refractivity contribution in [2.24, 2.45) is 0 Å². The molecule has 2 aromatic carbocycles. The molecule has 0 bridgehead atoms. The molecule has 1 aliphatic carbocycles. The third-order valence-electron chi connectivity index (χ3n) is 5.58. The van der Waals surface area contributed by atoms with E-state index in [9.17, 15) is 0 Å². The van der Waals surface area contributed by atoms with E-state index in [0.717, 1.165) is 19.4 Å². The summed E-state index contributed by atoms with van der Waals surface area (Å²) in [6.07, 6.45) is 2.31. The summed E-state index contributed by atoms with van der Waals surface area (Å²) in [6.45, 7) is 3.48. The van der Waals surface area contributed by atoms with Crippen LogP contribution in [0.15, 0.2) is 48.5 Å². The minimum absolute atomic E-state index is 0.412. The zero-order valence-corrected chi connectivity index (χ0v) is 13.4. The predicted molar refractivity (Wildman–Crippen MR) is 91.2 cm³/mol. The van der Waals surface area contributed by atoms with Crippen molar-refractivity contribution in [3.63, 3.8) is 0 Å². The summed E-state index contributed by atoms with van der Waals surface area (Å²) in [4.78, 5) is 2.66. The molecule has 1 saturated heterocycles. The number of nitrogens with one attached hydrogen (secondary N) is 1. The highest BCUT2D eigenvalue weighted by atomic mass is 15.3. The maximum Gasteiger partial charge on any atom is 0.0610 e. The molecule has 2 atom stereocenters. The van der Waals surface area contributed by atoms with Crippen LogP contribution in [0.2, 0.25) is 0 Å². The molecule has 1 fully saturated rings. The van der Waals surface area contributed by atoms with Crippen molar-refractivity contribution in [3.05, 3.63) is 70.8 Å². The lowest BCUT2D eigenvalue weighted by Crippen LogP contribution is -2.64. The molecular weight excluding hydrogens is 268 g/mol. The van der Waals surface area contributed by atoms with Crippen molar-refractivity contribution < 1.29 is 0 Å². The van der Waals surface area contributed by atoms with Crippen LogP contribution in [0.4, 0.5) is 0 Å². The molecule has 1 N–H and O–H groups in total. The van der Waals surface area contributed by atoms with Crippen LogP contribution >= 0.6 is 0 Å². The second kappa shape index (κ2) is 5.53. The van der Waals surface area contributed by atoms with Gasteiger partial charge in [0.1, 0.15) is 0 Å². The van der Waals surface area contributed by atoms with E-state index in [1.165, 1.54) is 22.3 Å². The second-order valence-electron chi connectivity index (χ2n) is 6.63. The van der Waals surface area contributed by atoms with E-state index in [1.807, 2.05) is 0 Å². The van der Waals surface area contributed by atoms with Crippen LogP contribution < -0.4 is 5.32 Å². The lowest BCUT2D eigenvalue weighted by atomic mass is 9.86. The largest absolute Gasteiger partial charge is 0.314 e. The normalized spacial score (nSPS) is 25.0. The monoisotopic (exact) mass is 292 g/mol. The van der Waals surface area contributed by atoms with Crippen LogP contribution in [0, 0.1) is 0 Å². The minimum atomic E-state index is 0.412.